The summed E-state index contributed by atoms with van der Waals surface area (Å²) in [5, 5.41) is 0.993. The van der Waals surface area contributed by atoms with Gasteiger partial charge < -0.3 is 10.5 Å². The van der Waals surface area contributed by atoms with Gasteiger partial charge in [0.05, 0.1) is 11.4 Å². The van der Waals surface area contributed by atoms with Crippen LogP contribution in [0.25, 0.3) is 0 Å². The zero-order chi connectivity index (χ0) is 14.7. The lowest BCUT2D eigenvalue weighted by molar-refractivity contribution is 0.299. The molecule has 2 N–H and O–H groups in total. The van der Waals surface area contributed by atoms with E-state index in [0.29, 0.717) is 13.0 Å². The predicted molar refractivity (Wildman–Crippen MR) is 82.2 cm³/mol. The molecular weight excluding hydrogens is 270 g/mol. The van der Waals surface area contributed by atoms with Crippen LogP contribution in [0.15, 0.2) is 12.1 Å². The van der Waals surface area contributed by atoms with Crippen molar-refractivity contribution in [2.45, 2.75) is 46.8 Å². The third-order valence-corrected chi connectivity index (χ3v) is 4.06. The largest absolute Gasteiger partial charge is 0.485 e. The molecule has 0 saturated heterocycles. The van der Waals surface area contributed by atoms with Gasteiger partial charge in [0.2, 0.25) is 0 Å². The number of nitrogens with two attached hydrogens (primary N) is 1. The van der Waals surface area contributed by atoms with Gasteiger partial charge in [0.15, 0.2) is 0 Å². The highest BCUT2D eigenvalue weighted by Crippen LogP contribution is 2.22. The van der Waals surface area contributed by atoms with E-state index in [1.807, 2.05) is 32.9 Å². The normalized spacial score (nSPS) is 12.4. The Balaban J connectivity index is 2.12. The van der Waals surface area contributed by atoms with Gasteiger partial charge in [0.1, 0.15) is 17.4 Å². The molecule has 20 heavy (non-hydrogen) atoms. The first kappa shape index (κ1) is 14.9. The van der Waals surface area contributed by atoms with Crippen LogP contribution in [0.1, 0.15) is 33.9 Å². The van der Waals surface area contributed by atoms with Gasteiger partial charge in [-0.2, -0.15) is 0 Å². The van der Waals surface area contributed by atoms with Gasteiger partial charge in [-0.05, 0) is 39.8 Å². The summed E-state index contributed by atoms with van der Waals surface area (Å²) in [6, 6.07) is 3.99. The number of aryl methyl sites for hydroxylation is 3. The first-order chi connectivity index (χ1) is 9.45. The summed E-state index contributed by atoms with van der Waals surface area (Å²) in [6.07, 6.45) is 0.715. The van der Waals surface area contributed by atoms with Crippen molar-refractivity contribution in [1.82, 2.24) is 9.97 Å². The molecule has 108 valence electrons. The minimum Gasteiger partial charge on any atom is -0.485 e. The van der Waals surface area contributed by atoms with Crippen LogP contribution in [0, 0.1) is 20.8 Å². The molecule has 2 aromatic heterocycles. The molecule has 1 atom stereocenters. The molecule has 2 rings (SSSR count). The fourth-order valence-corrected chi connectivity index (χ4v) is 2.77. The number of thiazole rings is 1. The second kappa shape index (κ2) is 6.33. The molecule has 2 heterocycles. The molecule has 0 amide bonds. The van der Waals surface area contributed by atoms with Crippen molar-refractivity contribution >= 4 is 11.3 Å². The number of pyridine rings is 1. The first-order valence-corrected chi connectivity index (χ1v) is 7.55. The summed E-state index contributed by atoms with van der Waals surface area (Å²) in [6.45, 7) is 8.52. The summed E-state index contributed by atoms with van der Waals surface area (Å²) in [5.74, 6) is 0.804. The maximum atomic E-state index is 5.88. The third-order valence-electron chi connectivity index (χ3n) is 3.01. The lowest BCUT2D eigenvalue weighted by Crippen LogP contribution is -2.19. The van der Waals surface area contributed by atoms with Crippen LogP contribution in [0.3, 0.4) is 0 Å². The number of rotatable bonds is 5. The molecule has 0 spiro atoms. The number of nitrogens with zero attached hydrogens (tertiary/aromatic N) is 2. The Labute approximate surface area is 124 Å². The average molecular weight is 291 g/mol. The minimum absolute atomic E-state index is 0.0657. The molecule has 4 nitrogen and oxygen atoms in total. The molecule has 0 aromatic carbocycles. The molecule has 0 aliphatic rings. The number of aromatic nitrogens is 2. The Morgan fingerprint density at radius 1 is 1.25 bits per heavy atom. The van der Waals surface area contributed by atoms with Gasteiger partial charge in [-0.15, -0.1) is 11.3 Å². The van der Waals surface area contributed by atoms with Crippen molar-refractivity contribution in [3.63, 3.8) is 0 Å². The van der Waals surface area contributed by atoms with Gasteiger partial charge in [0, 0.05) is 23.0 Å². The summed E-state index contributed by atoms with van der Waals surface area (Å²) in [7, 11) is 0. The van der Waals surface area contributed by atoms with Crippen molar-refractivity contribution in [2.24, 2.45) is 5.73 Å². The maximum absolute atomic E-state index is 5.88. The van der Waals surface area contributed by atoms with Gasteiger partial charge in [0.25, 0.3) is 0 Å². The lowest BCUT2D eigenvalue weighted by Gasteiger charge is -2.12. The number of ether oxygens (including phenoxy) is 1. The molecule has 0 radical (unpaired) electrons. The van der Waals surface area contributed by atoms with Crippen molar-refractivity contribution < 1.29 is 4.74 Å². The molecule has 1 unspecified atom stereocenters. The fourth-order valence-electron chi connectivity index (χ4n) is 1.92. The highest BCUT2D eigenvalue weighted by molar-refractivity contribution is 7.11. The van der Waals surface area contributed by atoms with E-state index in [4.69, 9.17) is 10.5 Å². The summed E-state index contributed by atoms with van der Waals surface area (Å²) in [5.41, 5.74) is 8.85. The highest BCUT2D eigenvalue weighted by Gasteiger charge is 2.10. The first-order valence-electron chi connectivity index (χ1n) is 6.73. The Morgan fingerprint density at radius 3 is 2.60 bits per heavy atom. The quantitative estimate of drug-likeness (QED) is 0.920. The second-order valence-corrected chi connectivity index (χ2v) is 6.40. The molecule has 0 aliphatic heterocycles. The molecule has 5 heteroatoms. The number of hydrogen-bond donors (Lipinski definition) is 1. The summed E-state index contributed by atoms with van der Waals surface area (Å²) < 4.78 is 5.88. The zero-order valence-electron chi connectivity index (χ0n) is 12.4. The van der Waals surface area contributed by atoms with Crippen molar-refractivity contribution in [1.29, 1.82) is 0 Å². The summed E-state index contributed by atoms with van der Waals surface area (Å²) in [4.78, 5) is 10.2. The predicted octanol–water partition coefficient (Wildman–Crippen LogP) is 2.93. The van der Waals surface area contributed by atoms with E-state index in [1.54, 1.807) is 11.3 Å². The van der Waals surface area contributed by atoms with Gasteiger partial charge in [-0.1, -0.05) is 0 Å². The van der Waals surface area contributed by atoms with Crippen LogP contribution in [-0.2, 0) is 13.0 Å². The maximum Gasteiger partial charge on any atom is 0.141 e. The smallest absolute Gasteiger partial charge is 0.141 e. The molecule has 0 bridgehead atoms. The molecule has 0 saturated carbocycles. The van der Waals surface area contributed by atoms with E-state index < -0.39 is 0 Å². The highest BCUT2D eigenvalue weighted by atomic mass is 32.1. The lowest BCUT2D eigenvalue weighted by atomic mass is 10.1. The van der Waals surface area contributed by atoms with E-state index in [9.17, 15) is 0 Å². The number of hydrogen-bond acceptors (Lipinski definition) is 5. The third kappa shape index (κ3) is 3.77. The SMILES string of the molecule is Cc1ccc(OCc2nc(C)c(C)s2)c(CC(C)N)n1. The minimum atomic E-state index is 0.0657. The average Bonchev–Trinajstić information content (AvgIpc) is 2.67. The topological polar surface area (TPSA) is 61.0 Å². The molecular formula is C15H21N3OS. The second-order valence-electron chi connectivity index (χ2n) is 5.12. The Morgan fingerprint density at radius 2 is 2.00 bits per heavy atom. The van der Waals surface area contributed by atoms with Crippen LogP contribution in [-0.4, -0.2) is 16.0 Å². The molecule has 2 aromatic rings. The van der Waals surface area contributed by atoms with E-state index in [2.05, 4.69) is 16.9 Å². The zero-order valence-corrected chi connectivity index (χ0v) is 13.3. The monoisotopic (exact) mass is 291 g/mol. The van der Waals surface area contributed by atoms with E-state index in [-0.39, 0.29) is 6.04 Å². The van der Waals surface area contributed by atoms with E-state index in [1.165, 1.54) is 4.88 Å². The van der Waals surface area contributed by atoms with Crippen LogP contribution in [0.4, 0.5) is 0 Å². The Kier molecular flexibility index (Phi) is 4.73. The van der Waals surface area contributed by atoms with E-state index >= 15 is 0 Å². The fraction of sp³-hybridized carbons (Fsp3) is 0.467. The summed E-state index contributed by atoms with van der Waals surface area (Å²) >= 11 is 1.68. The van der Waals surface area contributed by atoms with Crippen molar-refractivity contribution in [2.75, 3.05) is 0 Å². The van der Waals surface area contributed by atoms with Gasteiger partial charge >= 0.3 is 0 Å². The van der Waals surface area contributed by atoms with Gasteiger partial charge in [-0.25, -0.2) is 4.98 Å². The van der Waals surface area contributed by atoms with Crippen LogP contribution < -0.4 is 10.5 Å². The Hall–Kier alpha value is -1.46. The van der Waals surface area contributed by atoms with E-state index in [0.717, 1.165) is 27.8 Å². The Bertz CT molecular complexity index is 573. The molecule has 0 aliphatic carbocycles. The standard InChI is InChI=1S/C15H21N3OS/c1-9(16)7-13-14(6-5-10(2)17-13)19-8-15-18-11(3)12(4)20-15/h5-6,9H,7-8,16H2,1-4H3. The van der Waals surface area contributed by atoms with Gasteiger partial charge in [-0.3, -0.25) is 4.98 Å². The van der Waals surface area contributed by atoms with Crippen molar-refractivity contribution in [3.8, 4) is 5.75 Å². The molecule has 0 fully saturated rings. The van der Waals surface area contributed by atoms with Crippen LogP contribution in [0.2, 0.25) is 0 Å². The van der Waals surface area contributed by atoms with Crippen LogP contribution in [0.5, 0.6) is 5.75 Å². The van der Waals surface area contributed by atoms with Crippen LogP contribution >= 0.6 is 11.3 Å². The van der Waals surface area contributed by atoms with Crippen molar-refractivity contribution in [3.05, 3.63) is 39.1 Å².